The van der Waals surface area contributed by atoms with E-state index in [1.807, 2.05) is 30.3 Å². The number of rotatable bonds is 4. The summed E-state index contributed by atoms with van der Waals surface area (Å²) in [6, 6.07) is 18.4. The summed E-state index contributed by atoms with van der Waals surface area (Å²) in [5, 5.41) is 4.49. The molecule has 0 aliphatic heterocycles. The highest BCUT2D eigenvalue weighted by Crippen LogP contribution is 2.21. The molecule has 4 nitrogen and oxygen atoms in total. The standard InChI is InChI=1S/C19H20N4/c1-14(2)16-10-8-15(9-11-16)12-22-23-18(13-21-19(23)20)17-6-4-3-5-7-17/h3-14H,1-2H3,(H2,20,21). The van der Waals surface area contributed by atoms with E-state index < -0.39 is 0 Å². The smallest absolute Gasteiger partial charge is 0.221 e. The summed E-state index contributed by atoms with van der Waals surface area (Å²) in [4.78, 5) is 4.17. The topological polar surface area (TPSA) is 56.2 Å². The van der Waals surface area contributed by atoms with Crippen molar-refractivity contribution in [3.05, 3.63) is 71.9 Å². The molecule has 0 fully saturated rings. The maximum absolute atomic E-state index is 5.94. The van der Waals surface area contributed by atoms with Crippen LogP contribution in [0.1, 0.15) is 30.9 Å². The van der Waals surface area contributed by atoms with Crippen molar-refractivity contribution in [2.75, 3.05) is 5.73 Å². The van der Waals surface area contributed by atoms with Crippen LogP contribution in [0, 0.1) is 0 Å². The van der Waals surface area contributed by atoms with Gasteiger partial charge in [-0.15, -0.1) is 0 Å². The highest BCUT2D eigenvalue weighted by molar-refractivity contribution is 5.80. The van der Waals surface area contributed by atoms with Crippen LogP contribution >= 0.6 is 0 Å². The molecule has 0 unspecified atom stereocenters. The van der Waals surface area contributed by atoms with E-state index >= 15 is 0 Å². The Bertz CT molecular complexity index is 799. The summed E-state index contributed by atoms with van der Waals surface area (Å²) >= 11 is 0. The second-order valence-electron chi connectivity index (χ2n) is 5.75. The summed E-state index contributed by atoms with van der Waals surface area (Å²) < 4.78 is 1.66. The molecule has 116 valence electrons. The summed E-state index contributed by atoms with van der Waals surface area (Å²) in [5.74, 6) is 0.897. The van der Waals surface area contributed by atoms with Crippen LogP contribution in [0.5, 0.6) is 0 Å². The second kappa shape index (κ2) is 6.48. The molecule has 3 aromatic rings. The normalized spacial score (nSPS) is 11.4. The molecule has 0 spiro atoms. The molecule has 0 bridgehead atoms. The number of nitrogens with zero attached hydrogens (tertiary/aromatic N) is 3. The van der Waals surface area contributed by atoms with Gasteiger partial charge in [0.05, 0.1) is 18.1 Å². The van der Waals surface area contributed by atoms with E-state index in [4.69, 9.17) is 5.73 Å². The molecule has 0 amide bonds. The largest absolute Gasteiger partial charge is 0.368 e. The first-order valence-corrected chi connectivity index (χ1v) is 7.68. The van der Waals surface area contributed by atoms with Crippen LogP contribution in [-0.4, -0.2) is 15.9 Å². The predicted octanol–water partition coefficient (Wildman–Crippen LogP) is 4.14. The summed E-state index contributed by atoms with van der Waals surface area (Å²) in [6.07, 6.45) is 3.54. The van der Waals surface area contributed by atoms with E-state index in [2.05, 4.69) is 48.2 Å². The van der Waals surface area contributed by atoms with E-state index in [9.17, 15) is 0 Å². The van der Waals surface area contributed by atoms with Gasteiger partial charge in [-0.25, -0.2) is 4.98 Å². The van der Waals surface area contributed by atoms with Gasteiger partial charge in [-0.05, 0) is 17.0 Å². The number of nitrogen functional groups attached to an aromatic ring is 1. The molecular formula is C19H20N4. The minimum atomic E-state index is 0.374. The number of hydrogen-bond donors (Lipinski definition) is 1. The van der Waals surface area contributed by atoms with Crippen LogP contribution in [0.15, 0.2) is 65.9 Å². The van der Waals surface area contributed by atoms with Crippen molar-refractivity contribution in [2.45, 2.75) is 19.8 Å². The van der Waals surface area contributed by atoms with Crippen LogP contribution in [0.4, 0.5) is 5.95 Å². The molecule has 1 aromatic heterocycles. The molecule has 0 saturated carbocycles. The van der Waals surface area contributed by atoms with Gasteiger partial charge in [-0.3, -0.25) is 0 Å². The SMILES string of the molecule is CC(C)c1ccc(C=Nn2c(-c3ccccc3)cnc2N)cc1. The van der Waals surface area contributed by atoms with Gasteiger partial charge in [0.15, 0.2) is 0 Å². The third-order valence-corrected chi connectivity index (χ3v) is 3.76. The Morgan fingerprint density at radius 3 is 2.39 bits per heavy atom. The van der Waals surface area contributed by atoms with Crippen LogP contribution in [-0.2, 0) is 0 Å². The predicted molar refractivity (Wildman–Crippen MR) is 95.6 cm³/mol. The molecule has 0 aliphatic carbocycles. The number of benzene rings is 2. The Morgan fingerprint density at radius 1 is 1.04 bits per heavy atom. The van der Waals surface area contributed by atoms with Crippen molar-refractivity contribution in [3.63, 3.8) is 0 Å². The minimum absolute atomic E-state index is 0.374. The van der Waals surface area contributed by atoms with E-state index in [-0.39, 0.29) is 0 Å². The van der Waals surface area contributed by atoms with Crippen molar-refractivity contribution in [2.24, 2.45) is 5.10 Å². The molecule has 0 saturated heterocycles. The first-order chi connectivity index (χ1) is 11.1. The Labute approximate surface area is 136 Å². The first-order valence-electron chi connectivity index (χ1n) is 7.68. The molecule has 0 atom stereocenters. The maximum Gasteiger partial charge on any atom is 0.221 e. The summed E-state index contributed by atoms with van der Waals surface area (Å²) in [5.41, 5.74) is 10.2. The van der Waals surface area contributed by atoms with Crippen molar-refractivity contribution in [1.82, 2.24) is 9.66 Å². The number of aromatic nitrogens is 2. The zero-order chi connectivity index (χ0) is 16.2. The van der Waals surface area contributed by atoms with E-state index in [1.165, 1.54) is 5.56 Å². The molecule has 4 heteroatoms. The van der Waals surface area contributed by atoms with Crippen molar-refractivity contribution < 1.29 is 0 Å². The number of anilines is 1. The zero-order valence-corrected chi connectivity index (χ0v) is 13.3. The third-order valence-electron chi connectivity index (χ3n) is 3.76. The Kier molecular flexibility index (Phi) is 4.24. The lowest BCUT2D eigenvalue weighted by atomic mass is 10.0. The highest BCUT2D eigenvalue weighted by Gasteiger charge is 2.08. The van der Waals surface area contributed by atoms with Crippen LogP contribution in [0.3, 0.4) is 0 Å². The minimum Gasteiger partial charge on any atom is -0.368 e. The maximum atomic E-state index is 5.94. The van der Waals surface area contributed by atoms with Crippen LogP contribution in [0.25, 0.3) is 11.3 Å². The fourth-order valence-corrected chi connectivity index (χ4v) is 2.38. The Morgan fingerprint density at radius 2 is 1.74 bits per heavy atom. The van der Waals surface area contributed by atoms with Crippen LogP contribution < -0.4 is 5.73 Å². The monoisotopic (exact) mass is 304 g/mol. The fourth-order valence-electron chi connectivity index (χ4n) is 2.38. The first kappa shape index (κ1) is 15.0. The van der Waals surface area contributed by atoms with E-state index in [0.717, 1.165) is 16.8 Å². The highest BCUT2D eigenvalue weighted by atomic mass is 15.4. The van der Waals surface area contributed by atoms with Gasteiger partial charge < -0.3 is 5.73 Å². The van der Waals surface area contributed by atoms with Gasteiger partial charge >= 0.3 is 0 Å². The molecule has 2 aromatic carbocycles. The summed E-state index contributed by atoms with van der Waals surface area (Å²) in [6.45, 7) is 4.36. The van der Waals surface area contributed by atoms with E-state index in [1.54, 1.807) is 17.1 Å². The number of hydrogen-bond acceptors (Lipinski definition) is 3. The van der Waals surface area contributed by atoms with E-state index in [0.29, 0.717) is 11.9 Å². The quantitative estimate of drug-likeness (QED) is 0.736. The summed E-state index contributed by atoms with van der Waals surface area (Å²) in [7, 11) is 0. The average Bonchev–Trinajstić information content (AvgIpc) is 2.95. The van der Waals surface area contributed by atoms with Crippen molar-refractivity contribution in [3.8, 4) is 11.3 Å². The lowest BCUT2D eigenvalue weighted by Crippen LogP contribution is -2.00. The molecule has 2 N–H and O–H groups in total. The van der Waals surface area contributed by atoms with Gasteiger partial charge in [0.2, 0.25) is 5.95 Å². The lowest BCUT2D eigenvalue weighted by Gasteiger charge is -2.05. The molecule has 1 heterocycles. The molecule has 23 heavy (non-hydrogen) atoms. The van der Waals surface area contributed by atoms with Crippen molar-refractivity contribution >= 4 is 12.2 Å². The van der Waals surface area contributed by atoms with Gasteiger partial charge in [0.1, 0.15) is 0 Å². The number of nitrogens with two attached hydrogens (primary N) is 1. The zero-order valence-electron chi connectivity index (χ0n) is 13.3. The van der Waals surface area contributed by atoms with Gasteiger partial charge in [0, 0.05) is 5.56 Å². The molecule has 0 aliphatic rings. The third kappa shape index (κ3) is 3.31. The average molecular weight is 304 g/mol. The molecule has 3 rings (SSSR count). The number of imidazole rings is 1. The van der Waals surface area contributed by atoms with Gasteiger partial charge in [-0.2, -0.15) is 9.78 Å². The second-order valence-corrected chi connectivity index (χ2v) is 5.75. The molecule has 0 radical (unpaired) electrons. The van der Waals surface area contributed by atoms with Gasteiger partial charge in [-0.1, -0.05) is 68.4 Å². The lowest BCUT2D eigenvalue weighted by molar-refractivity contribution is 0.866. The Balaban J connectivity index is 1.89. The molecular weight excluding hydrogens is 284 g/mol. The fraction of sp³-hybridized carbons (Fsp3) is 0.158. The Hall–Kier alpha value is -2.88. The van der Waals surface area contributed by atoms with Gasteiger partial charge in [0.25, 0.3) is 0 Å². The van der Waals surface area contributed by atoms with Crippen molar-refractivity contribution in [1.29, 1.82) is 0 Å². The van der Waals surface area contributed by atoms with Crippen LogP contribution in [0.2, 0.25) is 0 Å².